The quantitative estimate of drug-likeness (QED) is 0.761. The third-order valence-electron chi connectivity index (χ3n) is 3.42. The van der Waals surface area contributed by atoms with Crippen molar-refractivity contribution in [1.29, 1.82) is 0 Å². The molecule has 0 unspecified atom stereocenters. The molecule has 0 heterocycles. The number of nitrogens with zero attached hydrogens (tertiary/aromatic N) is 1. The molecule has 110 valence electrons. The number of rotatable bonds is 5. The molecule has 0 bridgehead atoms. The van der Waals surface area contributed by atoms with Crippen molar-refractivity contribution in [1.82, 2.24) is 4.90 Å². The fraction of sp³-hybridized carbons (Fsp3) is 0.278. The highest BCUT2D eigenvalue weighted by Crippen LogP contribution is 2.23. The molecule has 2 aromatic carbocycles. The summed E-state index contributed by atoms with van der Waals surface area (Å²) in [6.45, 7) is 5.50. The van der Waals surface area contributed by atoms with Gasteiger partial charge in [0.1, 0.15) is 0 Å². The molecule has 0 aliphatic heterocycles. The van der Waals surface area contributed by atoms with Crippen LogP contribution >= 0.6 is 15.9 Å². The summed E-state index contributed by atoms with van der Waals surface area (Å²) in [4.78, 5) is 14.7. The molecular weight excluding hydrogens is 326 g/mol. The molecule has 0 fully saturated rings. The van der Waals surface area contributed by atoms with Crippen LogP contribution in [0.15, 0.2) is 53.0 Å². The van der Waals surface area contributed by atoms with Crippen LogP contribution in [0.5, 0.6) is 0 Å². The van der Waals surface area contributed by atoms with E-state index in [0.29, 0.717) is 6.54 Å². The summed E-state index contributed by atoms with van der Waals surface area (Å²) < 4.78 is 0.893. The summed E-state index contributed by atoms with van der Waals surface area (Å²) in [7, 11) is 0. The van der Waals surface area contributed by atoms with Crippen molar-refractivity contribution in [2.45, 2.75) is 26.8 Å². The topological polar surface area (TPSA) is 20.3 Å². The minimum absolute atomic E-state index is 0.0799. The highest BCUT2D eigenvalue weighted by Gasteiger charge is 2.18. The maximum Gasteiger partial charge on any atom is 0.255 e. The summed E-state index contributed by atoms with van der Waals surface area (Å²) >= 11 is 3.54. The highest BCUT2D eigenvalue weighted by atomic mass is 79.9. The minimum atomic E-state index is 0.0799. The molecular formula is C18H20BrNO. The van der Waals surface area contributed by atoms with Crippen LogP contribution in [-0.4, -0.2) is 17.4 Å². The number of hydrogen-bond acceptors (Lipinski definition) is 1. The fourth-order valence-corrected chi connectivity index (χ4v) is 2.74. The van der Waals surface area contributed by atoms with Gasteiger partial charge in [0.25, 0.3) is 5.91 Å². The largest absolute Gasteiger partial charge is 0.334 e. The van der Waals surface area contributed by atoms with Crippen LogP contribution in [-0.2, 0) is 6.54 Å². The summed E-state index contributed by atoms with van der Waals surface area (Å²) in [5, 5.41) is 0. The van der Waals surface area contributed by atoms with Crippen LogP contribution in [0.4, 0.5) is 0 Å². The van der Waals surface area contributed by atoms with Gasteiger partial charge >= 0.3 is 0 Å². The second kappa shape index (κ2) is 7.41. The number of hydrogen-bond donors (Lipinski definition) is 0. The Morgan fingerprint density at radius 2 is 1.81 bits per heavy atom. The summed E-state index contributed by atoms with van der Waals surface area (Å²) in [6.07, 6.45) is 0.946. The zero-order chi connectivity index (χ0) is 15.2. The van der Waals surface area contributed by atoms with Crippen molar-refractivity contribution in [2.24, 2.45) is 0 Å². The van der Waals surface area contributed by atoms with Crippen molar-refractivity contribution in [3.8, 4) is 0 Å². The number of halogens is 1. The van der Waals surface area contributed by atoms with E-state index in [0.717, 1.165) is 34.1 Å². The lowest BCUT2D eigenvalue weighted by Crippen LogP contribution is -2.31. The minimum Gasteiger partial charge on any atom is -0.334 e. The monoisotopic (exact) mass is 345 g/mol. The number of benzene rings is 2. The Hall–Kier alpha value is -1.61. The lowest BCUT2D eigenvalue weighted by molar-refractivity contribution is 0.0742. The first kappa shape index (κ1) is 15.8. The van der Waals surface area contributed by atoms with E-state index in [9.17, 15) is 4.79 Å². The van der Waals surface area contributed by atoms with Gasteiger partial charge in [-0.1, -0.05) is 49.4 Å². The van der Waals surface area contributed by atoms with Gasteiger partial charge in [-0.05, 0) is 46.5 Å². The van der Waals surface area contributed by atoms with Gasteiger partial charge in [0.2, 0.25) is 0 Å². The molecule has 0 aliphatic carbocycles. The zero-order valence-corrected chi connectivity index (χ0v) is 14.1. The predicted molar refractivity (Wildman–Crippen MR) is 90.4 cm³/mol. The van der Waals surface area contributed by atoms with E-state index >= 15 is 0 Å². The molecule has 0 saturated carbocycles. The van der Waals surface area contributed by atoms with E-state index in [4.69, 9.17) is 0 Å². The van der Waals surface area contributed by atoms with Crippen LogP contribution in [0.1, 0.15) is 34.8 Å². The molecule has 0 saturated heterocycles. The molecule has 0 aliphatic rings. The third-order valence-corrected chi connectivity index (χ3v) is 4.47. The van der Waals surface area contributed by atoms with Crippen LogP contribution in [0.3, 0.4) is 0 Å². The molecule has 0 atom stereocenters. The van der Waals surface area contributed by atoms with Crippen molar-refractivity contribution < 1.29 is 4.79 Å². The highest BCUT2D eigenvalue weighted by molar-refractivity contribution is 9.10. The SMILES string of the molecule is CCCN(Cc1ccccc1)C(=O)c1cccc(C)c1Br. The first-order valence-electron chi connectivity index (χ1n) is 7.21. The van der Waals surface area contributed by atoms with Crippen molar-refractivity contribution in [3.05, 3.63) is 69.7 Å². The number of aryl methyl sites for hydroxylation is 1. The van der Waals surface area contributed by atoms with E-state index in [1.54, 1.807) is 0 Å². The lowest BCUT2D eigenvalue weighted by Gasteiger charge is -2.23. The van der Waals surface area contributed by atoms with Crippen LogP contribution in [0, 0.1) is 6.92 Å². The molecule has 21 heavy (non-hydrogen) atoms. The number of carbonyl (C=O) groups excluding carboxylic acids is 1. The molecule has 3 heteroatoms. The molecule has 2 rings (SSSR count). The number of amides is 1. The van der Waals surface area contributed by atoms with Gasteiger partial charge in [0, 0.05) is 17.6 Å². The Morgan fingerprint density at radius 1 is 1.10 bits per heavy atom. The Bertz CT molecular complexity index is 610. The van der Waals surface area contributed by atoms with Crippen LogP contribution < -0.4 is 0 Å². The lowest BCUT2D eigenvalue weighted by atomic mass is 10.1. The van der Waals surface area contributed by atoms with Crippen molar-refractivity contribution in [2.75, 3.05) is 6.54 Å². The van der Waals surface area contributed by atoms with Crippen LogP contribution in [0.25, 0.3) is 0 Å². The maximum atomic E-state index is 12.8. The van der Waals surface area contributed by atoms with Gasteiger partial charge in [-0.3, -0.25) is 4.79 Å². The predicted octanol–water partition coefficient (Wildman–Crippen LogP) is 4.81. The molecule has 1 amide bonds. The average Bonchev–Trinajstić information content (AvgIpc) is 2.50. The van der Waals surface area contributed by atoms with E-state index in [1.807, 2.05) is 48.2 Å². The first-order valence-corrected chi connectivity index (χ1v) is 8.01. The van der Waals surface area contributed by atoms with Gasteiger partial charge in [-0.15, -0.1) is 0 Å². The van der Waals surface area contributed by atoms with Gasteiger partial charge in [-0.25, -0.2) is 0 Å². The molecule has 0 aromatic heterocycles. The molecule has 0 spiro atoms. The summed E-state index contributed by atoms with van der Waals surface area (Å²) in [5.74, 6) is 0.0799. The zero-order valence-electron chi connectivity index (χ0n) is 12.5. The Balaban J connectivity index is 2.25. The standard InChI is InChI=1S/C18H20BrNO/c1-3-12-20(13-15-9-5-4-6-10-15)18(21)16-11-7-8-14(2)17(16)19/h4-11H,3,12-13H2,1-2H3. The van der Waals surface area contributed by atoms with E-state index in [2.05, 4.69) is 35.0 Å². The first-order chi connectivity index (χ1) is 10.1. The summed E-state index contributed by atoms with van der Waals surface area (Å²) in [6, 6.07) is 15.9. The Morgan fingerprint density at radius 3 is 2.48 bits per heavy atom. The van der Waals surface area contributed by atoms with E-state index < -0.39 is 0 Å². The fourth-order valence-electron chi connectivity index (χ4n) is 2.31. The normalized spacial score (nSPS) is 10.4. The maximum absolute atomic E-state index is 12.8. The average molecular weight is 346 g/mol. The van der Waals surface area contributed by atoms with E-state index in [-0.39, 0.29) is 5.91 Å². The van der Waals surface area contributed by atoms with Gasteiger partial charge in [-0.2, -0.15) is 0 Å². The van der Waals surface area contributed by atoms with E-state index in [1.165, 1.54) is 0 Å². The Kier molecular flexibility index (Phi) is 5.57. The molecule has 2 nitrogen and oxygen atoms in total. The Labute approximate surface area is 134 Å². The second-order valence-corrected chi connectivity index (χ2v) is 5.94. The smallest absolute Gasteiger partial charge is 0.255 e. The summed E-state index contributed by atoms with van der Waals surface area (Å²) in [5.41, 5.74) is 2.97. The van der Waals surface area contributed by atoms with Crippen molar-refractivity contribution in [3.63, 3.8) is 0 Å². The molecule has 0 radical (unpaired) electrons. The van der Waals surface area contributed by atoms with Crippen molar-refractivity contribution >= 4 is 21.8 Å². The number of carbonyl (C=O) groups is 1. The molecule has 2 aromatic rings. The third kappa shape index (κ3) is 3.94. The second-order valence-electron chi connectivity index (χ2n) is 5.15. The molecule has 0 N–H and O–H groups in total. The van der Waals surface area contributed by atoms with Crippen LogP contribution in [0.2, 0.25) is 0 Å². The van der Waals surface area contributed by atoms with Gasteiger partial charge in [0.05, 0.1) is 5.56 Å². The van der Waals surface area contributed by atoms with Gasteiger partial charge < -0.3 is 4.90 Å². The van der Waals surface area contributed by atoms with Gasteiger partial charge in [0.15, 0.2) is 0 Å².